The number of piperidine rings is 1. The number of carbonyl (C=O) groups excluding carboxylic acids is 2. The van der Waals surface area contributed by atoms with Crippen molar-refractivity contribution in [1.29, 1.82) is 0 Å². The maximum atomic E-state index is 13.5. The van der Waals surface area contributed by atoms with Crippen LogP contribution in [0.3, 0.4) is 0 Å². The Labute approximate surface area is 290 Å². The van der Waals surface area contributed by atoms with Gasteiger partial charge in [0, 0.05) is 42.9 Å². The van der Waals surface area contributed by atoms with Crippen LogP contribution < -0.4 is 24.7 Å². The first kappa shape index (κ1) is 36.3. The van der Waals surface area contributed by atoms with Crippen LogP contribution in [-0.4, -0.2) is 101 Å². The topological polar surface area (TPSA) is 181 Å². The standard InChI is InChI=1S/C33H40N2O9.C3H5NO2/c1-38-19-7-8-20-21-9-10-35-16-18-13-27(44-32(36)17-11-25(39-2)30(41-4)26(12-17)40-3)31(42-5)28(33(37)43-6)22(18)15-24(35)29(21)34-23(20)14-19;1-2(4)3(5)6/h7-8,11-12,14,18,22,24,27-28,31,34H,9-10,13,15-16H2,1-6H3;1,4H2,(H,5,6)/t18-,22+,24-,27-,28+,31+;/m1./s1. The first-order valence-corrected chi connectivity index (χ1v) is 16.2. The number of aliphatic carboxylic acids is 1. The molecule has 3 aliphatic rings. The van der Waals surface area contributed by atoms with Gasteiger partial charge in [0.05, 0.1) is 53.1 Å². The van der Waals surface area contributed by atoms with Gasteiger partial charge in [0.2, 0.25) is 5.75 Å². The van der Waals surface area contributed by atoms with Gasteiger partial charge in [-0.15, -0.1) is 0 Å². The molecule has 1 saturated heterocycles. The SMILES string of the molecule is C=C(N)C(=O)O.COC(=O)[C@H]1[C@H]2C[C@@H]3c4[nH]c5cc(OC)ccc5c4CCN3C[C@H]2C[C@@H](OC(=O)c2cc(OC)c(OC)c(OC)c2)[C@@H]1OC. The minimum Gasteiger partial charge on any atom is -0.497 e. The number of fused-ring (bicyclic) bond motifs is 6. The smallest absolute Gasteiger partial charge is 0.351 e. The molecule has 0 unspecified atom stereocenters. The van der Waals surface area contributed by atoms with E-state index >= 15 is 0 Å². The van der Waals surface area contributed by atoms with Crippen molar-refractivity contribution in [2.75, 3.05) is 55.7 Å². The van der Waals surface area contributed by atoms with E-state index in [1.165, 1.54) is 45.1 Å². The van der Waals surface area contributed by atoms with Crippen LogP contribution in [0.1, 0.15) is 40.5 Å². The number of nitrogens with two attached hydrogens (primary N) is 1. The van der Waals surface area contributed by atoms with Gasteiger partial charge in [-0.3, -0.25) is 9.69 Å². The molecule has 4 N–H and O–H groups in total. The minimum absolute atomic E-state index is 0.0170. The molecule has 6 atom stereocenters. The van der Waals surface area contributed by atoms with Gasteiger partial charge in [-0.2, -0.15) is 0 Å². The van der Waals surface area contributed by atoms with E-state index in [0.29, 0.717) is 23.7 Å². The Bertz CT molecular complexity index is 1720. The quantitative estimate of drug-likeness (QED) is 0.218. The molecule has 270 valence electrons. The Morgan fingerprint density at radius 2 is 1.64 bits per heavy atom. The fourth-order valence-corrected chi connectivity index (χ4v) is 7.76. The average Bonchev–Trinajstić information content (AvgIpc) is 3.50. The Hall–Kier alpha value is -4.95. The molecule has 1 saturated carbocycles. The number of hydrogen-bond acceptors (Lipinski definition) is 12. The highest BCUT2D eigenvalue weighted by molar-refractivity contribution is 5.91. The van der Waals surface area contributed by atoms with Crippen LogP contribution in [0, 0.1) is 17.8 Å². The molecule has 14 heteroatoms. The number of ether oxygens (including phenoxy) is 7. The van der Waals surface area contributed by atoms with E-state index in [9.17, 15) is 14.4 Å². The number of nitrogens with one attached hydrogen (secondary N) is 1. The lowest BCUT2D eigenvalue weighted by atomic mass is 9.63. The minimum atomic E-state index is -1.16. The number of carboxylic acid groups (broad SMARTS) is 1. The van der Waals surface area contributed by atoms with Gasteiger partial charge in [-0.25, -0.2) is 9.59 Å². The molecule has 3 aromatic rings. The lowest BCUT2D eigenvalue weighted by Gasteiger charge is -2.52. The van der Waals surface area contributed by atoms with E-state index in [1.54, 1.807) is 26.4 Å². The number of rotatable bonds is 9. The molecule has 2 aromatic carbocycles. The molecule has 2 aliphatic heterocycles. The van der Waals surface area contributed by atoms with Crippen LogP contribution >= 0.6 is 0 Å². The van der Waals surface area contributed by atoms with E-state index in [0.717, 1.165) is 37.2 Å². The van der Waals surface area contributed by atoms with Gasteiger partial charge in [-0.05, 0) is 60.9 Å². The molecule has 0 bridgehead atoms. The van der Waals surface area contributed by atoms with Gasteiger partial charge in [0.25, 0.3) is 0 Å². The fraction of sp³-hybridized carbons (Fsp3) is 0.472. The molecule has 6 rings (SSSR count). The van der Waals surface area contributed by atoms with Crippen molar-refractivity contribution in [1.82, 2.24) is 9.88 Å². The number of benzene rings is 2. The number of carboxylic acids is 1. The summed E-state index contributed by atoms with van der Waals surface area (Å²) < 4.78 is 39.1. The van der Waals surface area contributed by atoms with Crippen molar-refractivity contribution in [3.05, 3.63) is 59.4 Å². The van der Waals surface area contributed by atoms with Gasteiger partial charge >= 0.3 is 17.9 Å². The van der Waals surface area contributed by atoms with Crippen LogP contribution in [0.25, 0.3) is 10.9 Å². The highest BCUT2D eigenvalue weighted by atomic mass is 16.6. The maximum absolute atomic E-state index is 13.5. The third-order valence-electron chi connectivity index (χ3n) is 10.0. The largest absolute Gasteiger partial charge is 0.497 e. The summed E-state index contributed by atoms with van der Waals surface area (Å²) in [4.78, 5) is 42.6. The summed E-state index contributed by atoms with van der Waals surface area (Å²) in [6.07, 6.45) is 0.920. The second-order valence-electron chi connectivity index (χ2n) is 12.5. The molecule has 3 heterocycles. The summed E-state index contributed by atoms with van der Waals surface area (Å²) in [5.41, 5.74) is 8.14. The zero-order valence-corrected chi connectivity index (χ0v) is 29.1. The predicted octanol–water partition coefficient (Wildman–Crippen LogP) is 3.71. The van der Waals surface area contributed by atoms with E-state index in [-0.39, 0.29) is 35.1 Å². The number of esters is 2. The molecule has 0 radical (unpaired) electrons. The number of hydrogen-bond donors (Lipinski definition) is 3. The van der Waals surface area contributed by atoms with Crippen molar-refractivity contribution in [3.8, 4) is 23.0 Å². The van der Waals surface area contributed by atoms with Crippen molar-refractivity contribution < 1.29 is 52.6 Å². The van der Waals surface area contributed by atoms with E-state index in [1.807, 2.05) is 12.1 Å². The molecular weight excluding hydrogens is 650 g/mol. The normalized spacial score (nSPS) is 23.9. The van der Waals surface area contributed by atoms with Crippen LogP contribution in [-0.2, 0) is 30.2 Å². The van der Waals surface area contributed by atoms with Gasteiger partial charge in [0.15, 0.2) is 11.5 Å². The summed E-state index contributed by atoms with van der Waals surface area (Å²) in [5.74, 6) is -0.717. The van der Waals surface area contributed by atoms with Crippen LogP contribution in [0.5, 0.6) is 23.0 Å². The number of H-pyrrole nitrogens is 1. The molecule has 0 spiro atoms. The Balaban J connectivity index is 0.000000745. The van der Waals surface area contributed by atoms with Crippen LogP contribution in [0.2, 0.25) is 0 Å². The summed E-state index contributed by atoms with van der Waals surface area (Å²) in [7, 11) is 9.10. The molecule has 1 aromatic heterocycles. The first-order chi connectivity index (χ1) is 24.0. The van der Waals surface area contributed by atoms with E-state index in [4.69, 9.17) is 38.3 Å². The molecular formula is C36H45N3O11. The van der Waals surface area contributed by atoms with E-state index < -0.39 is 30.1 Å². The van der Waals surface area contributed by atoms with Gasteiger partial charge in [0.1, 0.15) is 23.7 Å². The molecule has 14 nitrogen and oxygen atoms in total. The van der Waals surface area contributed by atoms with Gasteiger partial charge in [-0.1, -0.05) is 6.58 Å². The number of nitrogens with zero attached hydrogens (tertiary/aromatic N) is 1. The van der Waals surface area contributed by atoms with E-state index in [2.05, 4.69) is 28.3 Å². The molecule has 50 heavy (non-hydrogen) atoms. The van der Waals surface area contributed by atoms with Crippen molar-refractivity contribution in [3.63, 3.8) is 0 Å². The Kier molecular flexibility index (Phi) is 11.1. The fourth-order valence-electron chi connectivity index (χ4n) is 7.76. The number of methoxy groups -OCH3 is 6. The Morgan fingerprint density at radius 3 is 2.20 bits per heavy atom. The molecule has 2 fully saturated rings. The van der Waals surface area contributed by atoms with Crippen molar-refractivity contribution in [2.24, 2.45) is 23.5 Å². The monoisotopic (exact) mass is 695 g/mol. The summed E-state index contributed by atoms with van der Waals surface area (Å²) >= 11 is 0. The summed E-state index contributed by atoms with van der Waals surface area (Å²) in [5, 5.41) is 8.98. The average molecular weight is 696 g/mol. The second kappa shape index (κ2) is 15.3. The first-order valence-electron chi connectivity index (χ1n) is 16.2. The lowest BCUT2D eigenvalue weighted by molar-refractivity contribution is -0.176. The zero-order chi connectivity index (χ0) is 36.3. The highest BCUT2D eigenvalue weighted by Gasteiger charge is 2.54. The lowest BCUT2D eigenvalue weighted by Crippen LogP contribution is -2.58. The third-order valence-corrected chi connectivity index (χ3v) is 10.0. The maximum Gasteiger partial charge on any atom is 0.351 e. The summed E-state index contributed by atoms with van der Waals surface area (Å²) in [6, 6.07) is 9.40. The highest BCUT2D eigenvalue weighted by Crippen LogP contribution is 2.51. The van der Waals surface area contributed by atoms with Crippen molar-refractivity contribution in [2.45, 2.75) is 37.5 Å². The van der Waals surface area contributed by atoms with Crippen molar-refractivity contribution >= 4 is 28.8 Å². The van der Waals surface area contributed by atoms with Crippen LogP contribution in [0.15, 0.2) is 42.6 Å². The Morgan fingerprint density at radius 1 is 0.960 bits per heavy atom. The second-order valence-corrected chi connectivity index (χ2v) is 12.5. The number of carbonyl (C=O) groups is 3. The number of aromatic nitrogens is 1. The third kappa shape index (κ3) is 6.90. The predicted molar refractivity (Wildman–Crippen MR) is 182 cm³/mol. The van der Waals surface area contributed by atoms with Gasteiger partial charge < -0.3 is 49.0 Å². The summed E-state index contributed by atoms with van der Waals surface area (Å²) in [6.45, 7) is 4.62. The molecule has 0 amide bonds. The molecule has 1 aliphatic carbocycles. The zero-order valence-electron chi connectivity index (χ0n) is 29.1. The van der Waals surface area contributed by atoms with Crippen LogP contribution in [0.4, 0.5) is 0 Å². The number of aromatic amines is 1.